The number of carbonyl (C=O) groups is 1. The molecule has 3 heteroatoms. The van der Waals surface area contributed by atoms with E-state index in [0.717, 1.165) is 18.8 Å². The summed E-state index contributed by atoms with van der Waals surface area (Å²) in [6, 6.07) is 0.605. The Morgan fingerprint density at radius 1 is 1.14 bits per heavy atom. The van der Waals surface area contributed by atoms with Crippen LogP contribution in [-0.4, -0.2) is 23.7 Å². The molecule has 2 unspecified atom stereocenters. The molecule has 0 radical (unpaired) electrons. The van der Waals surface area contributed by atoms with Gasteiger partial charge in [-0.15, -0.1) is 0 Å². The molecule has 2 rings (SSSR count). The van der Waals surface area contributed by atoms with E-state index in [9.17, 15) is 4.79 Å². The maximum atomic E-state index is 10.7. The second-order valence-corrected chi connectivity index (χ2v) is 4.67. The molecule has 1 aliphatic carbocycles. The Kier molecular flexibility index (Phi) is 3.06. The highest BCUT2D eigenvalue weighted by atomic mass is 16.4. The molecule has 2 N–H and O–H groups in total. The Morgan fingerprint density at radius 2 is 1.86 bits per heavy atom. The van der Waals surface area contributed by atoms with Crippen molar-refractivity contribution in [3.8, 4) is 0 Å². The molecule has 2 aliphatic rings. The fourth-order valence-electron chi connectivity index (χ4n) is 2.85. The predicted molar refractivity (Wildman–Crippen MR) is 54.1 cm³/mol. The van der Waals surface area contributed by atoms with Crippen LogP contribution in [0, 0.1) is 11.8 Å². The summed E-state index contributed by atoms with van der Waals surface area (Å²) >= 11 is 0. The van der Waals surface area contributed by atoms with Gasteiger partial charge < -0.3 is 10.4 Å². The highest BCUT2D eigenvalue weighted by Gasteiger charge is 2.31. The largest absolute Gasteiger partial charge is 0.481 e. The fraction of sp³-hybridized carbons (Fsp3) is 0.909. The van der Waals surface area contributed by atoms with Gasteiger partial charge in [-0.05, 0) is 31.6 Å². The minimum absolute atomic E-state index is 0.146. The second kappa shape index (κ2) is 4.30. The highest BCUT2D eigenvalue weighted by Crippen LogP contribution is 2.31. The summed E-state index contributed by atoms with van der Waals surface area (Å²) in [7, 11) is 0. The van der Waals surface area contributed by atoms with Gasteiger partial charge in [-0.3, -0.25) is 4.79 Å². The van der Waals surface area contributed by atoms with Crippen molar-refractivity contribution in [1.29, 1.82) is 0 Å². The number of piperidine rings is 1. The van der Waals surface area contributed by atoms with Gasteiger partial charge in [0, 0.05) is 12.6 Å². The number of nitrogens with one attached hydrogen (secondary N) is 1. The molecule has 1 aliphatic heterocycles. The van der Waals surface area contributed by atoms with E-state index in [2.05, 4.69) is 5.32 Å². The first-order chi connectivity index (χ1) is 6.77. The first kappa shape index (κ1) is 9.97. The molecular formula is C11H19NO2. The molecular weight excluding hydrogens is 178 g/mol. The van der Waals surface area contributed by atoms with Gasteiger partial charge in [0.2, 0.25) is 0 Å². The first-order valence-corrected chi connectivity index (χ1v) is 5.73. The summed E-state index contributed by atoms with van der Waals surface area (Å²) in [6.07, 6.45) is 7.34. The van der Waals surface area contributed by atoms with E-state index in [-0.39, 0.29) is 5.92 Å². The van der Waals surface area contributed by atoms with E-state index < -0.39 is 5.97 Å². The van der Waals surface area contributed by atoms with Gasteiger partial charge in [0.1, 0.15) is 0 Å². The van der Waals surface area contributed by atoms with Crippen LogP contribution in [0.15, 0.2) is 0 Å². The third kappa shape index (κ3) is 2.08. The molecule has 0 aromatic rings. The zero-order valence-electron chi connectivity index (χ0n) is 8.54. The molecule has 2 fully saturated rings. The Balaban J connectivity index is 1.80. The number of rotatable bonds is 2. The lowest BCUT2D eigenvalue weighted by molar-refractivity contribution is -0.142. The summed E-state index contributed by atoms with van der Waals surface area (Å²) in [4.78, 5) is 10.7. The van der Waals surface area contributed by atoms with Crippen molar-refractivity contribution in [3.63, 3.8) is 0 Å². The van der Waals surface area contributed by atoms with E-state index in [4.69, 9.17) is 5.11 Å². The van der Waals surface area contributed by atoms with E-state index in [0.29, 0.717) is 12.6 Å². The van der Waals surface area contributed by atoms with Gasteiger partial charge in [0.15, 0.2) is 0 Å². The summed E-state index contributed by atoms with van der Waals surface area (Å²) in [5, 5.41) is 12.3. The van der Waals surface area contributed by atoms with Gasteiger partial charge in [0.05, 0.1) is 5.92 Å². The zero-order valence-corrected chi connectivity index (χ0v) is 8.54. The SMILES string of the molecule is O=C(O)C1CCC(C2CCCC2)NC1. The van der Waals surface area contributed by atoms with Crippen molar-refractivity contribution in [1.82, 2.24) is 5.32 Å². The maximum absolute atomic E-state index is 10.7. The molecule has 0 spiro atoms. The van der Waals surface area contributed by atoms with Gasteiger partial charge in [-0.2, -0.15) is 0 Å². The molecule has 80 valence electrons. The smallest absolute Gasteiger partial charge is 0.307 e. The normalized spacial score (nSPS) is 34.6. The van der Waals surface area contributed by atoms with Crippen molar-refractivity contribution < 1.29 is 9.90 Å². The average molecular weight is 197 g/mol. The number of hydrogen-bond acceptors (Lipinski definition) is 2. The molecule has 14 heavy (non-hydrogen) atoms. The van der Waals surface area contributed by atoms with Crippen LogP contribution in [0.5, 0.6) is 0 Å². The lowest BCUT2D eigenvalue weighted by atomic mass is 9.87. The second-order valence-electron chi connectivity index (χ2n) is 4.67. The molecule has 0 aromatic carbocycles. The average Bonchev–Trinajstić information content (AvgIpc) is 2.71. The molecule has 0 aromatic heterocycles. The number of carboxylic acid groups (broad SMARTS) is 1. The van der Waals surface area contributed by atoms with Gasteiger partial charge in [0.25, 0.3) is 0 Å². The summed E-state index contributed by atoms with van der Waals surface area (Å²) in [5.74, 6) is 0.0415. The quantitative estimate of drug-likeness (QED) is 0.707. The van der Waals surface area contributed by atoms with Crippen molar-refractivity contribution in [2.75, 3.05) is 6.54 Å². The summed E-state index contributed by atoms with van der Waals surface area (Å²) in [6.45, 7) is 0.677. The predicted octanol–water partition coefficient (Wildman–Crippen LogP) is 1.63. The number of hydrogen-bond donors (Lipinski definition) is 2. The fourth-order valence-corrected chi connectivity index (χ4v) is 2.85. The van der Waals surface area contributed by atoms with Crippen molar-refractivity contribution in [2.24, 2.45) is 11.8 Å². The van der Waals surface area contributed by atoms with Crippen molar-refractivity contribution in [3.05, 3.63) is 0 Å². The highest BCUT2D eigenvalue weighted by molar-refractivity contribution is 5.70. The molecule has 3 nitrogen and oxygen atoms in total. The Hall–Kier alpha value is -0.570. The van der Waals surface area contributed by atoms with Crippen LogP contribution in [0.4, 0.5) is 0 Å². The van der Waals surface area contributed by atoms with Crippen molar-refractivity contribution >= 4 is 5.97 Å². The van der Waals surface area contributed by atoms with Crippen LogP contribution in [0.1, 0.15) is 38.5 Å². The molecule has 1 saturated carbocycles. The lowest BCUT2D eigenvalue weighted by Crippen LogP contribution is -2.44. The molecule has 2 atom stereocenters. The molecule has 0 amide bonds. The number of carboxylic acids is 1. The van der Waals surface area contributed by atoms with Crippen molar-refractivity contribution in [2.45, 2.75) is 44.6 Å². The Labute approximate surface area is 84.9 Å². The Bertz CT molecular complexity index is 203. The Morgan fingerprint density at radius 3 is 2.36 bits per heavy atom. The summed E-state index contributed by atoms with van der Waals surface area (Å²) < 4.78 is 0. The van der Waals surface area contributed by atoms with Crippen LogP contribution in [0.3, 0.4) is 0 Å². The van der Waals surface area contributed by atoms with Crippen LogP contribution >= 0.6 is 0 Å². The maximum Gasteiger partial charge on any atom is 0.307 e. The van der Waals surface area contributed by atoms with Gasteiger partial charge in [-0.25, -0.2) is 0 Å². The van der Waals surface area contributed by atoms with Crippen LogP contribution in [0.25, 0.3) is 0 Å². The third-order valence-corrected chi connectivity index (χ3v) is 3.77. The van der Waals surface area contributed by atoms with E-state index >= 15 is 0 Å². The van der Waals surface area contributed by atoms with Gasteiger partial charge in [-0.1, -0.05) is 12.8 Å². The minimum Gasteiger partial charge on any atom is -0.481 e. The monoisotopic (exact) mass is 197 g/mol. The number of aliphatic carboxylic acids is 1. The van der Waals surface area contributed by atoms with Crippen LogP contribution in [-0.2, 0) is 4.79 Å². The molecule has 0 bridgehead atoms. The van der Waals surface area contributed by atoms with Crippen LogP contribution < -0.4 is 5.32 Å². The standard InChI is InChI=1S/C11H19NO2/c13-11(14)9-5-6-10(12-7-9)8-3-1-2-4-8/h8-10,12H,1-7H2,(H,13,14). The van der Waals surface area contributed by atoms with E-state index in [1.165, 1.54) is 25.7 Å². The zero-order chi connectivity index (χ0) is 9.97. The summed E-state index contributed by atoms with van der Waals surface area (Å²) in [5.41, 5.74) is 0. The third-order valence-electron chi connectivity index (χ3n) is 3.77. The lowest BCUT2D eigenvalue weighted by Gasteiger charge is -2.31. The topological polar surface area (TPSA) is 49.3 Å². The minimum atomic E-state index is -0.637. The van der Waals surface area contributed by atoms with E-state index in [1.54, 1.807) is 0 Å². The molecule has 1 saturated heterocycles. The van der Waals surface area contributed by atoms with E-state index in [1.807, 2.05) is 0 Å². The van der Waals surface area contributed by atoms with Crippen LogP contribution in [0.2, 0.25) is 0 Å². The molecule has 1 heterocycles. The van der Waals surface area contributed by atoms with Gasteiger partial charge >= 0.3 is 5.97 Å². The first-order valence-electron chi connectivity index (χ1n) is 5.73.